The molecule has 0 aromatic heterocycles. The van der Waals surface area contributed by atoms with Gasteiger partial charge in [-0.2, -0.15) is 30.7 Å². The van der Waals surface area contributed by atoms with Crippen LogP contribution in [0.3, 0.4) is 0 Å². The van der Waals surface area contributed by atoms with Crippen LogP contribution in [0.4, 0.5) is 35.1 Å². The fraction of sp³-hybridized carbons (Fsp3) is 0.667. The van der Waals surface area contributed by atoms with Gasteiger partial charge in [-0.05, 0) is 0 Å². The van der Waals surface area contributed by atoms with E-state index in [0.717, 1.165) is 0 Å². The van der Waals surface area contributed by atoms with Crippen LogP contribution < -0.4 is 0 Å². The minimum Gasteiger partial charge on any atom is -0.400 e. The molecule has 0 radical (unpaired) electrons. The quantitative estimate of drug-likeness (QED) is 0.332. The van der Waals surface area contributed by atoms with Gasteiger partial charge in [0.25, 0.3) is 0 Å². The minimum atomic E-state index is -6.88. The molecule has 0 spiro atoms. The lowest BCUT2D eigenvalue weighted by atomic mass is 10.2. The number of alkyl halides is 8. The third-order valence-corrected chi connectivity index (χ3v) is 2.03. The molecule has 0 amide bonds. The van der Waals surface area contributed by atoms with Crippen molar-refractivity contribution in [2.45, 2.75) is 37.0 Å². The topological polar surface area (TPSA) is 76.0 Å². The molecule has 5 nitrogen and oxygen atoms in total. The summed E-state index contributed by atoms with van der Waals surface area (Å²) in [5.74, 6) is -18.1. The zero-order valence-corrected chi connectivity index (χ0v) is 10.4. The molecule has 0 heterocycles. The summed E-state index contributed by atoms with van der Waals surface area (Å²) in [6, 6.07) is 0. The lowest BCUT2D eigenvalue weighted by molar-refractivity contribution is -0.507. The third kappa shape index (κ3) is 3.84. The van der Waals surface area contributed by atoms with Crippen LogP contribution >= 0.6 is 0 Å². The first-order valence-electron chi connectivity index (χ1n) is 4.93. The lowest BCUT2D eigenvalue weighted by Crippen LogP contribution is -2.62. The second kappa shape index (κ2) is 5.62. The summed E-state index contributed by atoms with van der Waals surface area (Å²) >= 11 is 0. The summed E-state index contributed by atoms with van der Waals surface area (Å²) in [6.45, 7) is 2.31. The maximum atomic E-state index is 13.6. The predicted octanol–water partition coefficient (Wildman–Crippen LogP) is 1.85. The van der Waals surface area contributed by atoms with Crippen LogP contribution in [0.25, 0.3) is 0 Å². The van der Waals surface area contributed by atoms with Crippen LogP contribution in [0.1, 0.15) is 6.92 Å². The Hall–Kier alpha value is -1.47. The van der Waals surface area contributed by atoms with Crippen molar-refractivity contribution in [2.24, 2.45) is 0 Å². The first kappa shape index (κ1) is 20.5. The fourth-order valence-corrected chi connectivity index (χ4v) is 0.809. The van der Waals surface area contributed by atoms with Crippen LogP contribution in [0.15, 0.2) is 12.7 Å². The molecule has 0 aliphatic rings. The first-order valence-corrected chi connectivity index (χ1v) is 4.93. The number of ether oxygens (including phenoxy) is 2. The number of carbonyl (C=O) groups excluding carboxylic acids is 1. The SMILES string of the molecule is C=CC(=O)OC(O)(O)C(C)(F)OC(F)(F)C(F)(F)C(F)(F)F. The maximum Gasteiger partial charge on any atom is 0.462 e. The summed E-state index contributed by atoms with van der Waals surface area (Å²) < 4.78 is 106. The van der Waals surface area contributed by atoms with E-state index in [4.69, 9.17) is 10.2 Å². The normalized spacial score (nSPS) is 16.9. The summed E-state index contributed by atoms with van der Waals surface area (Å²) in [6.07, 6.45) is -13.2. The van der Waals surface area contributed by atoms with E-state index < -0.39 is 36.0 Å². The maximum absolute atomic E-state index is 13.6. The molecule has 0 aliphatic heterocycles. The Morgan fingerprint density at radius 3 is 1.77 bits per heavy atom. The van der Waals surface area contributed by atoms with E-state index >= 15 is 0 Å². The van der Waals surface area contributed by atoms with Gasteiger partial charge in [0.1, 0.15) is 0 Å². The van der Waals surface area contributed by atoms with Gasteiger partial charge >= 0.3 is 36.0 Å². The molecular weight excluding hydrogens is 340 g/mol. The van der Waals surface area contributed by atoms with Crippen molar-refractivity contribution in [1.29, 1.82) is 0 Å². The summed E-state index contributed by atoms with van der Waals surface area (Å²) in [7, 11) is 0. The number of aliphatic hydroxyl groups is 2. The average molecular weight is 348 g/mol. The zero-order valence-electron chi connectivity index (χ0n) is 10.4. The second-order valence-electron chi connectivity index (χ2n) is 3.84. The van der Waals surface area contributed by atoms with Crippen molar-refractivity contribution in [3.8, 4) is 0 Å². The van der Waals surface area contributed by atoms with Gasteiger partial charge in [-0.3, -0.25) is 4.74 Å². The van der Waals surface area contributed by atoms with E-state index in [1.165, 1.54) is 0 Å². The summed E-state index contributed by atoms with van der Waals surface area (Å²) in [4.78, 5) is 10.6. The standard InChI is InChI=1S/C9H8F8O5/c1-3-4(18)21-9(19,20)5(2,10)22-8(16,17)6(11,12)7(13,14)15/h3,19-20H,1H2,2H3. The number of carbonyl (C=O) groups is 1. The van der Waals surface area contributed by atoms with Crippen LogP contribution in [0.5, 0.6) is 0 Å². The highest BCUT2D eigenvalue weighted by Crippen LogP contribution is 2.49. The number of hydrogen-bond acceptors (Lipinski definition) is 5. The van der Waals surface area contributed by atoms with Crippen LogP contribution in [0.2, 0.25) is 0 Å². The molecule has 13 heteroatoms. The highest BCUT2D eigenvalue weighted by molar-refractivity contribution is 5.81. The Labute approximate surface area is 116 Å². The van der Waals surface area contributed by atoms with Gasteiger partial charge in [0.05, 0.1) is 0 Å². The van der Waals surface area contributed by atoms with E-state index in [0.29, 0.717) is 0 Å². The summed E-state index contributed by atoms with van der Waals surface area (Å²) in [5.41, 5.74) is 0. The third-order valence-electron chi connectivity index (χ3n) is 2.03. The van der Waals surface area contributed by atoms with Gasteiger partial charge in [-0.25, -0.2) is 9.18 Å². The molecule has 0 saturated carbocycles. The van der Waals surface area contributed by atoms with E-state index in [1.54, 1.807) is 0 Å². The van der Waals surface area contributed by atoms with Crippen LogP contribution in [-0.4, -0.2) is 46.2 Å². The molecule has 0 aromatic rings. The molecule has 1 atom stereocenters. The van der Waals surface area contributed by atoms with Crippen molar-refractivity contribution in [3.63, 3.8) is 0 Å². The van der Waals surface area contributed by atoms with Gasteiger partial charge in [-0.15, -0.1) is 0 Å². The van der Waals surface area contributed by atoms with Crippen LogP contribution in [0, 0.1) is 0 Å². The first-order chi connectivity index (χ1) is 9.41. The number of rotatable bonds is 6. The monoisotopic (exact) mass is 348 g/mol. The van der Waals surface area contributed by atoms with E-state index in [1.807, 2.05) is 0 Å². The minimum absolute atomic E-state index is 0.180. The van der Waals surface area contributed by atoms with Gasteiger partial charge in [0.15, 0.2) is 0 Å². The largest absolute Gasteiger partial charge is 0.462 e. The van der Waals surface area contributed by atoms with Gasteiger partial charge in [-0.1, -0.05) is 6.58 Å². The smallest absolute Gasteiger partial charge is 0.400 e. The van der Waals surface area contributed by atoms with Crippen molar-refractivity contribution in [2.75, 3.05) is 0 Å². The lowest BCUT2D eigenvalue weighted by Gasteiger charge is -2.37. The number of esters is 1. The highest BCUT2D eigenvalue weighted by Gasteiger charge is 2.77. The molecule has 0 fully saturated rings. The Morgan fingerprint density at radius 2 is 1.45 bits per heavy atom. The number of hydrogen-bond donors (Lipinski definition) is 2. The Balaban J connectivity index is 5.50. The van der Waals surface area contributed by atoms with Gasteiger partial charge < -0.3 is 14.9 Å². The predicted molar refractivity (Wildman–Crippen MR) is 50.0 cm³/mol. The molecule has 0 aromatic carbocycles. The molecule has 2 N–H and O–H groups in total. The van der Waals surface area contributed by atoms with E-state index in [-0.39, 0.29) is 13.0 Å². The number of halogens is 8. The zero-order chi connectivity index (χ0) is 18.2. The molecule has 0 rings (SSSR count). The Bertz CT molecular complexity index is 442. The van der Waals surface area contributed by atoms with Crippen molar-refractivity contribution in [1.82, 2.24) is 0 Å². The molecule has 0 saturated heterocycles. The molecule has 0 bridgehead atoms. The molecule has 0 aliphatic carbocycles. The molecule has 130 valence electrons. The second-order valence-corrected chi connectivity index (χ2v) is 3.84. The van der Waals surface area contributed by atoms with Gasteiger partial charge in [0.2, 0.25) is 0 Å². The summed E-state index contributed by atoms with van der Waals surface area (Å²) in [5, 5.41) is 17.8. The van der Waals surface area contributed by atoms with Crippen molar-refractivity contribution >= 4 is 5.97 Å². The molecular formula is C9H8F8O5. The van der Waals surface area contributed by atoms with Crippen molar-refractivity contribution < 1.29 is 59.6 Å². The van der Waals surface area contributed by atoms with Crippen LogP contribution in [-0.2, 0) is 14.3 Å². The van der Waals surface area contributed by atoms with Gasteiger partial charge in [0, 0.05) is 13.0 Å². The van der Waals surface area contributed by atoms with E-state index in [2.05, 4.69) is 16.1 Å². The Morgan fingerprint density at radius 1 is 1.05 bits per heavy atom. The Kier molecular flexibility index (Phi) is 5.25. The average Bonchev–Trinajstić information content (AvgIpc) is 2.24. The van der Waals surface area contributed by atoms with E-state index in [9.17, 15) is 39.9 Å². The molecule has 1 unspecified atom stereocenters. The fourth-order valence-electron chi connectivity index (χ4n) is 0.809. The van der Waals surface area contributed by atoms with Crippen molar-refractivity contribution in [3.05, 3.63) is 12.7 Å². The molecule has 22 heavy (non-hydrogen) atoms. The highest BCUT2D eigenvalue weighted by atomic mass is 19.4.